The van der Waals surface area contributed by atoms with Crippen LogP contribution in [0.5, 0.6) is 5.75 Å². The van der Waals surface area contributed by atoms with E-state index in [0.29, 0.717) is 16.5 Å². The number of nitrogens with zero attached hydrogens (tertiary/aromatic N) is 1. The molecule has 1 aliphatic carbocycles. The highest BCUT2D eigenvalue weighted by Crippen LogP contribution is 2.37. The molecule has 0 radical (unpaired) electrons. The molecule has 0 spiro atoms. The molecule has 1 aliphatic heterocycles. The Kier molecular flexibility index (Phi) is 4.28. The third-order valence-electron chi connectivity index (χ3n) is 4.35. The molecular formula is C18H17ClN2O4S. The Labute approximate surface area is 156 Å². The molecule has 0 bridgehead atoms. The number of benzene rings is 2. The first-order valence-corrected chi connectivity index (χ1v) is 10.1. The fourth-order valence-corrected chi connectivity index (χ4v) is 4.42. The van der Waals surface area contributed by atoms with Gasteiger partial charge >= 0.3 is 0 Å². The zero-order valence-corrected chi connectivity index (χ0v) is 15.3. The van der Waals surface area contributed by atoms with Gasteiger partial charge in [-0.15, -0.1) is 0 Å². The average molecular weight is 393 g/mol. The van der Waals surface area contributed by atoms with E-state index < -0.39 is 16.1 Å². The zero-order chi connectivity index (χ0) is 18.3. The van der Waals surface area contributed by atoms with Crippen LogP contribution in [0.25, 0.3) is 0 Å². The van der Waals surface area contributed by atoms with Crippen molar-refractivity contribution in [3.8, 4) is 5.75 Å². The Morgan fingerprint density at radius 1 is 1.12 bits per heavy atom. The fourth-order valence-electron chi connectivity index (χ4n) is 2.82. The lowest BCUT2D eigenvalue weighted by molar-refractivity contribution is -0.127. The van der Waals surface area contributed by atoms with Crippen molar-refractivity contribution in [2.75, 3.05) is 10.8 Å². The number of ether oxygens (including phenoxy) is 1. The van der Waals surface area contributed by atoms with E-state index in [1.54, 1.807) is 24.3 Å². The molecule has 1 heterocycles. The van der Waals surface area contributed by atoms with Crippen LogP contribution in [0, 0.1) is 0 Å². The second-order valence-corrected chi connectivity index (χ2v) is 8.65. The van der Waals surface area contributed by atoms with Crippen LogP contribution in [0.2, 0.25) is 5.02 Å². The molecule has 1 atom stereocenters. The lowest BCUT2D eigenvalue weighted by atomic mass is 10.2. The molecule has 26 heavy (non-hydrogen) atoms. The molecule has 1 unspecified atom stereocenters. The van der Waals surface area contributed by atoms with Crippen molar-refractivity contribution in [3.05, 3.63) is 53.6 Å². The molecule has 1 N–H and O–H groups in total. The van der Waals surface area contributed by atoms with Crippen molar-refractivity contribution in [1.29, 1.82) is 0 Å². The van der Waals surface area contributed by atoms with E-state index in [0.717, 1.165) is 12.8 Å². The number of anilines is 1. The van der Waals surface area contributed by atoms with E-state index in [4.69, 9.17) is 16.3 Å². The number of carbonyl (C=O) groups excluding carboxylic acids is 1. The maximum atomic E-state index is 13.2. The molecule has 4 rings (SSSR count). The van der Waals surface area contributed by atoms with E-state index in [1.807, 2.05) is 0 Å². The molecule has 2 aliphatic rings. The average Bonchev–Trinajstić information content (AvgIpc) is 3.45. The third kappa shape index (κ3) is 3.24. The zero-order valence-electron chi connectivity index (χ0n) is 13.8. The molecule has 1 saturated carbocycles. The van der Waals surface area contributed by atoms with Gasteiger partial charge in [0, 0.05) is 11.1 Å². The monoisotopic (exact) mass is 392 g/mol. The largest absolute Gasteiger partial charge is 0.476 e. The van der Waals surface area contributed by atoms with Crippen LogP contribution in [-0.4, -0.2) is 33.0 Å². The number of hydrogen-bond donors (Lipinski definition) is 1. The molecule has 136 valence electrons. The van der Waals surface area contributed by atoms with Crippen LogP contribution < -0.4 is 14.4 Å². The number of sulfonamides is 1. The summed E-state index contributed by atoms with van der Waals surface area (Å²) in [5, 5.41) is 3.32. The Bertz CT molecular complexity index is 942. The first kappa shape index (κ1) is 17.2. The van der Waals surface area contributed by atoms with Crippen LogP contribution in [0.4, 0.5) is 5.69 Å². The minimum atomic E-state index is -3.86. The van der Waals surface area contributed by atoms with Gasteiger partial charge in [0.15, 0.2) is 6.10 Å². The molecular weight excluding hydrogens is 376 g/mol. The molecule has 8 heteroatoms. The van der Waals surface area contributed by atoms with Gasteiger partial charge < -0.3 is 10.1 Å². The van der Waals surface area contributed by atoms with Crippen LogP contribution in [0.1, 0.15) is 12.8 Å². The van der Waals surface area contributed by atoms with Crippen LogP contribution in [-0.2, 0) is 14.8 Å². The standard InChI is InChI=1S/C18H17ClN2O4S/c19-12-5-9-14(10-6-12)26(23,24)21-11-17(18(22)20-13-7-8-13)25-16-4-2-1-3-15(16)21/h1-6,9-10,13,17H,7-8,11H2,(H,20,22). The maximum absolute atomic E-state index is 13.2. The van der Waals surface area contributed by atoms with Crippen molar-refractivity contribution in [2.45, 2.75) is 29.9 Å². The minimum Gasteiger partial charge on any atom is -0.476 e. The normalized spacial score (nSPS) is 19.4. The lowest BCUT2D eigenvalue weighted by Crippen LogP contribution is -2.51. The number of halogens is 1. The van der Waals surface area contributed by atoms with Gasteiger partial charge in [0.25, 0.3) is 15.9 Å². The van der Waals surface area contributed by atoms with Crippen LogP contribution >= 0.6 is 11.6 Å². The molecule has 1 fully saturated rings. The van der Waals surface area contributed by atoms with E-state index >= 15 is 0 Å². The van der Waals surface area contributed by atoms with Gasteiger partial charge in [-0.2, -0.15) is 0 Å². The Balaban J connectivity index is 1.70. The number of rotatable bonds is 4. The van der Waals surface area contributed by atoms with Crippen LogP contribution in [0.15, 0.2) is 53.4 Å². The SMILES string of the molecule is O=C(NC1CC1)C1CN(S(=O)(=O)c2ccc(Cl)cc2)c2ccccc2O1. The number of nitrogens with one attached hydrogen (secondary N) is 1. The summed E-state index contributed by atoms with van der Waals surface area (Å²) in [6.45, 7) is -0.0828. The van der Waals surface area contributed by atoms with Gasteiger partial charge in [-0.25, -0.2) is 8.42 Å². The Hall–Kier alpha value is -2.25. The molecule has 0 aromatic heterocycles. The third-order valence-corrected chi connectivity index (χ3v) is 6.40. The van der Waals surface area contributed by atoms with Crippen molar-refractivity contribution in [2.24, 2.45) is 0 Å². The summed E-state index contributed by atoms with van der Waals surface area (Å²) in [5.41, 5.74) is 0.415. The topological polar surface area (TPSA) is 75.7 Å². The van der Waals surface area contributed by atoms with E-state index in [-0.39, 0.29) is 23.4 Å². The summed E-state index contributed by atoms with van der Waals surface area (Å²) in [4.78, 5) is 12.5. The summed E-state index contributed by atoms with van der Waals surface area (Å²) in [7, 11) is -3.86. The second-order valence-electron chi connectivity index (χ2n) is 6.35. The first-order valence-electron chi connectivity index (χ1n) is 8.29. The quantitative estimate of drug-likeness (QED) is 0.867. The minimum absolute atomic E-state index is 0.0828. The van der Waals surface area contributed by atoms with E-state index in [1.165, 1.54) is 28.6 Å². The molecule has 6 nitrogen and oxygen atoms in total. The molecule has 2 aromatic rings. The van der Waals surface area contributed by atoms with Crippen LogP contribution in [0.3, 0.4) is 0 Å². The van der Waals surface area contributed by atoms with Crippen molar-refractivity contribution < 1.29 is 17.9 Å². The number of amides is 1. The van der Waals surface area contributed by atoms with Crippen molar-refractivity contribution >= 4 is 33.2 Å². The number of hydrogen-bond acceptors (Lipinski definition) is 4. The molecule has 2 aromatic carbocycles. The predicted molar refractivity (Wildman–Crippen MR) is 98.0 cm³/mol. The van der Waals surface area contributed by atoms with Gasteiger partial charge in [-0.1, -0.05) is 23.7 Å². The molecule has 0 saturated heterocycles. The summed E-state index contributed by atoms with van der Waals surface area (Å²) in [6, 6.07) is 12.9. The smallest absolute Gasteiger partial charge is 0.264 e. The Morgan fingerprint density at radius 3 is 2.50 bits per heavy atom. The van der Waals surface area contributed by atoms with E-state index in [9.17, 15) is 13.2 Å². The number of carbonyl (C=O) groups is 1. The van der Waals surface area contributed by atoms with Crippen molar-refractivity contribution in [3.63, 3.8) is 0 Å². The Morgan fingerprint density at radius 2 is 1.81 bits per heavy atom. The summed E-state index contributed by atoms with van der Waals surface area (Å²) in [5.74, 6) is 0.0746. The number of fused-ring (bicyclic) bond motifs is 1. The van der Waals surface area contributed by atoms with Crippen molar-refractivity contribution in [1.82, 2.24) is 5.32 Å². The molecule has 1 amide bonds. The summed E-state index contributed by atoms with van der Waals surface area (Å²) < 4.78 is 33.3. The fraction of sp³-hybridized carbons (Fsp3) is 0.278. The highest BCUT2D eigenvalue weighted by atomic mass is 35.5. The lowest BCUT2D eigenvalue weighted by Gasteiger charge is -2.34. The van der Waals surface area contributed by atoms with Gasteiger partial charge in [-0.05, 0) is 49.2 Å². The summed E-state index contributed by atoms with van der Waals surface area (Å²) in [6.07, 6.45) is 0.997. The highest BCUT2D eigenvalue weighted by Gasteiger charge is 2.38. The van der Waals surface area contributed by atoms with Gasteiger partial charge in [-0.3, -0.25) is 9.10 Å². The van der Waals surface area contributed by atoms with Gasteiger partial charge in [0.2, 0.25) is 0 Å². The summed E-state index contributed by atoms with van der Waals surface area (Å²) >= 11 is 5.87. The highest BCUT2D eigenvalue weighted by molar-refractivity contribution is 7.92. The van der Waals surface area contributed by atoms with Gasteiger partial charge in [0.1, 0.15) is 5.75 Å². The predicted octanol–water partition coefficient (Wildman–Crippen LogP) is 2.57. The maximum Gasteiger partial charge on any atom is 0.264 e. The van der Waals surface area contributed by atoms with Gasteiger partial charge in [0.05, 0.1) is 17.1 Å². The number of para-hydroxylation sites is 2. The second kappa shape index (κ2) is 6.48. The first-order chi connectivity index (χ1) is 12.4. The van der Waals surface area contributed by atoms with E-state index in [2.05, 4.69) is 5.32 Å².